The van der Waals surface area contributed by atoms with Gasteiger partial charge in [-0.25, -0.2) is 0 Å². The molecule has 156 valence electrons. The van der Waals surface area contributed by atoms with E-state index in [0.29, 0.717) is 34.4 Å². The van der Waals surface area contributed by atoms with Crippen molar-refractivity contribution < 1.29 is 14.7 Å². The van der Waals surface area contributed by atoms with E-state index in [1.54, 1.807) is 36.7 Å². The lowest BCUT2D eigenvalue weighted by Crippen LogP contribution is -2.40. The molecule has 0 aliphatic carbocycles. The summed E-state index contributed by atoms with van der Waals surface area (Å²) in [6, 6.07) is 8.48. The van der Waals surface area contributed by atoms with Crippen molar-refractivity contribution in [2.75, 3.05) is 19.7 Å². The van der Waals surface area contributed by atoms with Crippen molar-refractivity contribution in [2.45, 2.75) is 19.4 Å². The highest BCUT2D eigenvalue weighted by molar-refractivity contribution is 6.41. The van der Waals surface area contributed by atoms with Gasteiger partial charge in [0.05, 0.1) is 17.1 Å². The first-order valence-corrected chi connectivity index (χ1v) is 10.6. The molecule has 2 aliphatic heterocycles. The molecule has 0 saturated carbocycles. The van der Waals surface area contributed by atoms with Gasteiger partial charge in [0.15, 0.2) is 0 Å². The number of aliphatic hydroxyl groups excluding tert-OH is 1. The summed E-state index contributed by atoms with van der Waals surface area (Å²) in [5.74, 6) is -0.693. The molecule has 4 rings (SSSR count). The molecule has 2 aliphatic rings. The van der Waals surface area contributed by atoms with Gasteiger partial charge in [0.25, 0.3) is 11.8 Å². The van der Waals surface area contributed by atoms with Crippen LogP contribution < -0.4 is 0 Å². The number of carbonyl (C=O) groups excluding carboxylic acids is 2. The van der Waals surface area contributed by atoms with Crippen LogP contribution in [-0.2, 0) is 16.1 Å². The fourth-order valence-electron chi connectivity index (χ4n) is 4.03. The molecule has 3 heterocycles. The van der Waals surface area contributed by atoms with E-state index in [1.807, 2.05) is 11.0 Å². The Kier molecular flexibility index (Phi) is 6.09. The topological polar surface area (TPSA) is 73.7 Å². The molecule has 6 nitrogen and oxygen atoms in total. The molecule has 1 unspecified atom stereocenters. The molecule has 2 aromatic rings. The summed E-state index contributed by atoms with van der Waals surface area (Å²) in [4.78, 5) is 34.1. The summed E-state index contributed by atoms with van der Waals surface area (Å²) in [7, 11) is 0. The first-order chi connectivity index (χ1) is 14.5. The average Bonchev–Trinajstić information content (AvgIpc) is 2.99. The molecular weight excluding hydrogens is 425 g/mol. The molecule has 30 heavy (non-hydrogen) atoms. The number of pyridine rings is 1. The van der Waals surface area contributed by atoms with Gasteiger partial charge in [-0.1, -0.05) is 35.3 Å². The number of amides is 2. The number of rotatable bonds is 5. The van der Waals surface area contributed by atoms with Crippen LogP contribution in [0.1, 0.15) is 24.0 Å². The molecule has 0 bridgehead atoms. The Morgan fingerprint density at radius 2 is 2.00 bits per heavy atom. The fourth-order valence-corrected chi connectivity index (χ4v) is 4.53. The summed E-state index contributed by atoms with van der Waals surface area (Å²) in [6.07, 6.45) is 5.00. The summed E-state index contributed by atoms with van der Waals surface area (Å²) in [6.45, 7) is 1.32. The normalized spacial score (nSPS) is 19.8. The number of hydrogen-bond donors (Lipinski definition) is 1. The van der Waals surface area contributed by atoms with Crippen LogP contribution in [-0.4, -0.2) is 51.4 Å². The number of imide groups is 1. The van der Waals surface area contributed by atoms with E-state index in [1.165, 1.54) is 4.90 Å². The molecule has 1 atom stereocenters. The van der Waals surface area contributed by atoms with Crippen LogP contribution in [0.15, 0.2) is 48.4 Å². The first kappa shape index (κ1) is 20.8. The third-order valence-electron chi connectivity index (χ3n) is 5.50. The molecule has 1 fully saturated rings. The summed E-state index contributed by atoms with van der Waals surface area (Å²) < 4.78 is 0. The molecule has 2 amide bonds. The monoisotopic (exact) mass is 445 g/mol. The van der Waals surface area contributed by atoms with E-state index in [0.717, 1.165) is 18.4 Å². The standard InChI is InChI=1S/C22H21Cl2N3O3/c23-16-5-6-17(18(24)9-16)19-20(26-8-2-4-15(11-26)13-28)22(30)27(21(19)29)12-14-3-1-7-25-10-14/h1,3,5-7,9-10,15,28H,2,4,8,11-13H2. The van der Waals surface area contributed by atoms with Crippen molar-refractivity contribution in [3.8, 4) is 0 Å². The van der Waals surface area contributed by atoms with Crippen LogP contribution in [0.3, 0.4) is 0 Å². The van der Waals surface area contributed by atoms with Gasteiger partial charge in [-0.3, -0.25) is 19.5 Å². The van der Waals surface area contributed by atoms with Crippen molar-refractivity contribution in [3.63, 3.8) is 0 Å². The van der Waals surface area contributed by atoms with Crippen molar-refractivity contribution in [1.29, 1.82) is 0 Å². The maximum atomic E-state index is 13.4. The maximum absolute atomic E-state index is 13.4. The highest BCUT2D eigenvalue weighted by atomic mass is 35.5. The quantitative estimate of drug-likeness (QED) is 0.714. The van der Waals surface area contributed by atoms with Crippen LogP contribution >= 0.6 is 23.2 Å². The van der Waals surface area contributed by atoms with Crippen molar-refractivity contribution in [2.24, 2.45) is 5.92 Å². The predicted molar refractivity (Wildman–Crippen MR) is 115 cm³/mol. The number of likely N-dealkylation sites (tertiary alicyclic amines) is 1. The van der Waals surface area contributed by atoms with E-state index in [-0.39, 0.29) is 30.5 Å². The van der Waals surface area contributed by atoms with Gasteiger partial charge in [-0.15, -0.1) is 0 Å². The molecular formula is C22H21Cl2N3O3. The Balaban J connectivity index is 1.77. The van der Waals surface area contributed by atoms with Gasteiger partial charge in [0, 0.05) is 42.7 Å². The number of piperidine rings is 1. The zero-order chi connectivity index (χ0) is 21.3. The number of hydrogen-bond acceptors (Lipinski definition) is 5. The van der Waals surface area contributed by atoms with Crippen molar-refractivity contribution in [1.82, 2.24) is 14.8 Å². The van der Waals surface area contributed by atoms with E-state index in [2.05, 4.69) is 4.98 Å². The minimum Gasteiger partial charge on any atom is -0.396 e. The number of halogens is 2. The third kappa shape index (κ3) is 3.95. The third-order valence-corrected chi connectivity index (χ3v) is 6.05. The van der Waals surface area contributed by atoms with Gasteiger partial charge in [-0.05, 0) is 42.5 Å². The predicted octanol–water partition coefficient (Wildman–Crippen LogP) is 3.37. The second-order valence-corrected chi connectivity index (χ2v) is 8.39. The lowest BCUT2D eigenvalue weighted by atomic mass is 9.97. The van der Waals surface area contributed by atoms with Crippen LogP contribution in [0.5, 0.6) is 0 Å². The van der Waals surface area contributed by atoms with E-state index in [4.69, 9.17) is 23.2 Å². The highest BCUT2D eigenvalue weighted by Gasteiger charge is 2.43. The average molecular weight is 446 g/mol. The molecule has 0 spiro atoms. The summed E-state index contributed by atoms with van der Waals surface area (Å²) in [5.41, 5.74) is 1.86. The lowest BCUT2D eigenvalue weighted by Gasteiger charge is -2.34. The minimum absolute atomic E-state index is 0.0440. The second-order valence-electron chi connectivity index (χ2n) is 7.54. The number of nitrogens with zero attached hydrogens (tertiary/aromatic N) is 3. The van der Waals surface area contributed by atoms with Gasteiger partial charge in [0.1, 0.15) is 5.70 Å². The zero-order valence-electron chi connectivity index (χ0n) is 16.2. The molecule has 1 aromatic heterocycles. The molecule has 8 heteroatoms. The van der Waals surface area contributed by atoms with E-state index >= 15 is 0 Å². The van der Waals surface area contributed by atoms with Crippen molar-refractivity contribution in [3.05, 3.63) is 69.6 Å². The second kappa shape index (κ2) is 8.76. The van der Waals surface area contributed by atoms with E-state index < -0.39 is 5.91 Å². The fraction of sp³-hybridized carbons (Fsp3) is 0.318. The number of aliphatic hydroxyl groups is 1. The summed E-state index contributed by atoms with van der Waals surface area (Å²) in [5, 5.41) is 10.4. The Morgan fingerprint density at radius 3 is 2.70 bits per heavy atom. The van der Waals surface area contributed by atoms with Gasteiger partial charge in [-0.2, -0.15) is 0 Å². The Hall–Kier alpha value is -2.41. The van der Waals surface area contributed by atoms with Crippen LogP contribution in [0.2, 0.25) is 10.0 Å². The van der Waals surface area contributed by atoms with E-state index in [9.17, 15) is 14.7 Å². The molecule has 1 saturated heterocycles. The lowest BCUT2D eigenvalue weighted by molar-refractivity contribution is -0.138. The maximum Gasteiger partial charge on any atom is 0.278 e. The number of aromatic nitrogens is 1. The zero-order valence-corrected chi connectivity index (χ0v) is 17.7. The molecule has 0 radical (unpaired) electrons. The van der Waals surface area contributed by atoms with Crippen LogP contribution in [0, 0.1) is 5.92 Å². The van der Waals surface area contributed by atoms with Gasteiger partial charge in [0.2, 0.25) is 0 Å². The highest BCUT2D eigenvalue weighted by Crippen LogP contribution is 2.38. The SMILES string of the molecule is O=C1C(c2ccc(Cl)cc2Cl)=C(N2CCCC(CO)C2)C(=O)N1Cc1cccnc1. The Labute approximate surface area is 184 Å². The van der Waals surface area contributed by atoms with Gasteiger partial charge < -0.3 is 10.0 Å². The first-order valence-electron chi connectivity index (χ1n) is 9.80. The smallest absolute Gasteiger partial charge is 0.278 e. The molecule has 1 N–H and O–H groups in total. The Morgan fingerprint density at radius 1 is 1.17 bits per heavy atom. The Bertz CT molecular complexity index is 1010. The number of carbonyl (C=O) groups is 2. The van der Waals surface area contributed by atoms with Gasteiger partial charge >= 0.3 is 0 Å². The van der Waals surface area contributed by atoms with Crippen molar-refractivity contribution >= 4 is 40.6 Å². The largest absolute Gasteiger partial charge is 0.396 e. The molecule has 1 aromatic carbocycles. The summed E-state index contributed by atoms with van der Waals surface area (Å²) >= 11 is 12.5. The van der Waals surface area contributed by atoms with Crippen LogP contribution in [0.4, 0.5) is 0 Å². The minimum atomic E-state index is -0.394. The number of benzene rings is 1. The van der Waals surface area contributed by atoms with Crippen LogP contribution in [0.25, 0.3) is 5.57 Å².